The molecule has 1 aliphatic rings. The van der Waals surface area contributed by atoms with Gasteiger partial charge in [0, 0.05) is 73.9 Å². The number of hydrogen-bond donors (Lipinski definition) is 0. The van der Waals surface area contributed by atoms with E-state index in [2.05, 4.69) is 199 Å². The first kappa shape index (κ1) is 61.2. The van der Waals surface area contributed by atoms with Crippen molar-refractivity contribution in [1.82, 2.24) is 18.7 Å². The standard InChI is InChI=1S/C36H39N2.C30H35N2.C19H22N2.C18H19N2/c1-24(2)33-22-29(28-15-9-8-10-16-28)23-34(25(3)4)35(33)38-21-20-37(7)36(38)32-19-13-18-31(27(32)6)30-17-12-11-14-26(30)5;1-20(2)24-14-10-15-25(21(3)4)29(24)32-19-18-31(7)30(32)28-17-11-16-27(23(28)6)26-13-9-8-12-22(26)5;1-14-8-5-6-9-17(14)18-10-7-11-19(15(18)2)21-13-12-20(4)16(21)3;1-14-8-4-5-9-16(14)17-10-6-11-18(15(17)2)20-13-7-12-19(20)3/h8-25H,1-7H3;8-21H,1-7H3;5-13,16H,1-4H3;4-13H,1-3H3/q2*+1;;+1/t;;16-;/m..0./s1/i2*5D3;1D3,4D3;1D3. The average Bonchev–Trinajstić information content (AvgIpc) is 1.52. The lowest BCUT2D eigenvalue weighted by Crippen LogP contribution is -2.37. The number of para-hydroxylation sites is 1. The molecule has 1 aliphatic heterocycles. The number of nitrogens with zero attached hydrogens (tertiary/aromatic N) is 8. The first-order chi connectivity index (χ1) is 59.4. The Hall–Kier alpha value is -11.6. The van der Waals surface area contributed by atoms with Crippen LogP contribution in [0, 0.1) is 55.1 Å². The number of anilines is 1. The monoisotopic (exact) mass is 1480 g/mol. The summed E-state index contributed by atoms with van der Waals surface area (Å²) in [6, 6.07) is 76.9. The van der Waals surface area contributed by atoms with E-state index in [1.54, 1.807) is 60.9 Å². The summed E-state index contributed by atoms with van der Waals surface area (Å²) in [5.41, 5.74) is 26.3. The van der Waals surface area contributed by atoms with Gasteiger partial charge in [0.25, 0.3) is 11.6 Å². The van der Waals surface area contributed by atoms with Crippen LogP contribution in [0.5, 0.6) is 0 Å². The molecule has 0 fully saturated rings. The second kappa shape index (κ2) is 34.5. The third-order valence-electron chi connectivity index (χ3n) is 21.6. The van der Waals surface area contributed by atoms with Gasteiger partial charge in [0.05, 0.1) is 31.4 Å². The number of rotatable bonds is 15. The van der Waals surface area contributed by atoms with Crippen LogP contribution in [0.15, 0.2) is 286 Å². The number of aryl methyl sites for hydroxylation is 7. The molecule has 15 rings (SSSR count). The fourth-order valence-electron chi connectivity index (χ4n) is 15.4. The molecular weight excluding hydrogens is 1350 g/mol. The van der Waals surface area contributed by atoms with E-state index in [9.17, 15) is 0 Å². The van der Waals surface area contributed by atoms with Crippen LogP contribution in [-0.2, 0) is 21.1 Å². The Morgan fingerprint density at radius 3 is 1.09 bits per heavy atom. The van der Waals surface area contributed by atoms with Crippen molar-refractivity contribution < 1.29 is 34.4 Å². The molecule has 0 saturated heterocycles. The van der Waals surface area contributed by atoms with Gasteiger partial charge in [0.2, 0.25) is 0 Å². The second-order valence-electron chi connectivity index (χ2n) is 30.2. The highest BCUT2D eigenvalue weighted by Gasteiger charge is 2.31. The van der Waals surface area contributed by atoms with Crippen LogP contribution < -0.4 is 18.7 Å². The minimum absolute atomic E-state index is 0.305. The minimum Gasteiger partial charge on any atom is -0.359 e. The van der Waals surface area contributed by atoms with Crippen LogP contribution in [0.1, 0.15) is 173 Å². The predicted molar refractivity (Wildman–Crippen MR) is 468 cm³/mol. The zero-order valence-corrected chi connectivity index (χ0v) is 67.1. The summed E-state index contributed by atoms with van der Waals surface area (Å²) in [7, 11) is 6.13. The minimum atomic E-state index is -2.22. The van der Waals surface area contributed by atoms with Gasteiger partial charge in [-0.05, 0) is 222 Å². The van der Waals surface area contributed by atoms with Crippen molar-refractivity contribution in [1.29, 1.82) is 0 Å². The van der Waals surface area contributed by atoms with Gasteiger partial charge >= 0.3 is 0 Å². The maximum Gasteiger partial charge on any atom is 0.294 e. The first-order valence-electron chi connectivity index (χ1n) is 46.0. The van der Waals surface area contributed by atoms with Crippen molar-refractivity contribution in [3.63, 3.8) is 0 Å². The molecule has 0 spiro atoms. The molecule has 1 atom stereocenters. The molecule has 0 amide bonds. The summed E-state index contributed by atoms with van der Waals surface area (Å²) in [6.45, 7) is 17.1. The highest BCUT2D eigenvalue weighted by atomic mass is 15.4. The largest absolute Gasteiger partial charge is 0.359 e. The number of aromatic nitrogens is 6. The molecule has 0 radical (unpaired) electrons. The summed E-state index contributed by atoms with van der Waals surface area (Å²) in [5, 5.41) is 0. The van der Waals surface area contributed by atoms with Gasteiger partial charge in [-0.1, -0.05) is 250 Å². The highest BCUT2D eigenvalue weighted by molar-refractivity contribution is 5.81. The van der Waals surface area contributed by atoms with Crippen molar-refractivity contribution in [2.24, 2.45) is 21.1 Å². The van der Waals surface area contributed by atoms with E-state index in [1.807, 2.05) is 170 Å². The van der Waals surface area contributed by atoms with Crippen molar-refractivity contribution in [3.8, 4) is 95.5 Å². The molecule has 4 heterocycles. The van der Waals surface area contributed by atoms with Gasteiger partial charge in [-0.25, -0.2) is 9.13 Å². The van der Waals surface area contributed by atoms with Gasteiger partial charge in [-0.15, -0.1) is 9.36 Å². The lowest BCUT2D eigenvalue weighted by atomic mass is 9.88. The van der Waals surface area contributed by atoms with E-state index < -0.39 is 34.4 Å². The van der Waals surface area contributed by atoms with Crippen molar-refractivity contribution >= 4 is 5.69 Å². The van der Waals surface area contributed by atoms with Crippen LogP contribution in [0.2, 0.25) is 0 Å². The predicted octanol–water partition coefficient (Wildman–Crippen LogP) is 24.8. The Morgan fingerprint density at radius 1 is 0.333 bits per heavy atom. The third kappa shape index (κ3) is 16.5. The van der Waals surface area contributed by atoms with Gasteiger partial charge in [-0.2, -0.15) is 9.13 Å². The lowest BCUT2D eigenvalue weighted by molar-refractivity contribution is -0.744. The topological polar surface area (TPSA) is 32.9 Å². The SMILES string of the molecule is [2H]C([2H])([2H])c1ccccc1-c1cccc(-c2n(-c3c(C(C)C)cc(-c4ccccc4)cc3C(C)C)cc[n+]2C)c1C.[2H]C([2H])([2H])c1ccccc1-c1cccc(-c2n(-c3c(C(C)C)cccc3C(C)C)cc[n+]2C)c1C.[2H]C([2H])([2H])c1ccccc1-c1cccc(-n2ccc[n+]2C)c1C.[2H]C([2H])([2H])c1ccccc1-c1cccc(N2C=CN(C([2H])([2H])[2H])[C@@H]2C)c1C. The molecule has 8 nitrogen and oxygen atoms in total. The number of benzene rings is 11. The molecule has 14 aromatic rings. The molecule has 0 aliphatic carbocycles. The molecule has 564 valence electrons. The zero-order chi connectivity index (χ0) is 91.6. The zero-order valence-electron chi connectivity index (χ0n) is 82.1. The molecule has 0 N–H and O–H groups in total. The van der Waals surface area contributed by atoms with Gasteiger partial charge in [0.15, 0.2) is 13.2 Å². The Balaban J connectivity index is 0.000000156. The number of hydrogen-bond acceptors (Lipinski definition) is 2. The molecule has 0 bridgehead atoms. The van der Waals surface area contributed by atoms with Gasteiger partial charge in [-0.3, -0.25) is 0 Å². The van der Waals surface area contributed by atoms with Crippen molar-refractivity contribution in [3.05, 3.63) is 353 Å². The van der Waals surface area contributed by atoms with Crippen LogP contribution in [-0.4, -0.2) is 31.9 Å². The molecule has 111 heavy (non-hydrogen) atoms. The maximum atomic E-state index is 8.14. The van der Waals surface area contributed by atoms with E-state index in [0.29, 0.717) is 51.5 Å². The maximum absolute atomic E-state index is 8.14. The molecule has 8 heteroatoms. The second-order valence-corrected chi connectivity index (χ2v) is 30.2. The Bertz CT molecular complexity index is 6190. The Morgan fingerprint density at radius 2 is 0.694 bits per heavy atom. The van der Waals surface area contributed by atoms with Crippen LogP contribution >= 0.6 is 0 Å². The van der Waals surface area contributed by atoms with Crippen molar-refractivity contribution in [2.75, 3.05) is 11.9 Å². The van der Waals surface area contributed by atoms with E-state index in [0.717, 1.165) is 95.3 Å². The van der Waals surface area contributed by atoms with E-state index in [1.165, 1.54) is 49.7 Å². The Labute approximate surface area is 684 Å². The first-order valence-corrected chi connectivity index (χ1v) is 38.5. The van der Waals surface area contributed by atoms with Gasteiger partial charge in [0.1, 0.15) is 48.0 Å². The van der Waals surface area contributed by atoms with Crippen LogP contribution in [0.3, 0.4) is 0 Å². The van der Waals surface area contributed by atoms with Crippen LogP contribution in [0.25, 0.3) is 95.5 Å². The quantitative estimate of drug-likeness (QED) is 0.0959. The fraction of sp³-hybridized carbons (Fsp3) is 0.252. The molecule has 3 aromatic heterocycles. The van der Waals surface area contributed by atoms with Gasteiger partial charge < -0.3 is 9.80 Å². The molecule has 11 aromatic carbocycles. The third-order valence-corrected chi connectivity index (χ3v) is 21.6. The van der Waals surface area contributed by atoms with E-state index >= 15 is 0 Å². The summed E-state index contributed by atoms with van der Waals surface area (Å²) < 4.78 is 131. The average molecular weight is 1480 g/mol. The molecule has 0 saturated carbocycles. The normalized spacial score (nSPS) is 15.1. The van der Waals surface area contributed by atoms with Crippen molar-refractivity contribution in [2.45, 2.75) is 147 Å². The molecular formula is C103H115N8+3. The summed E-state index contributed by atoms with van der Waals surface area (Å²) >= 11 is 0. The summed E-state index contributed by atoms with van der Waals surface area (Å²) in [5.74, 6) is 3.51. The highest BCUT2D eigenvalue weighted by Crippen LogP contribution is 2.42. The van der Waals surface area contributed by atoms with Crippen LogP contribution in [0.4, 0.5) is 5.69 Å². The van der Waals surface area contributed by atoms with E-state index in [4.69, 9.17) is 20.6 Å². The summed E-state index contributed by atoms with van der Waals surface area (Å²) in [6.07, 6.45) is 15.4. The smallest absolute Gasteiger partial charge is 0.294 e. The van der Waals surface area contributed by atoms with E-state index in [-0.39, 0.29) is 6.17 Å². The lowest BCUT2D eigenvalue weighted by Gasteiger charge is -2.29. The molecule has 0 unspecified atom stereocenters. The number of imidazole rings is 2. The Kier molecular flexibility index (Phi) is 19.0. The summed E-state index contributed by atoms with van der Waals surface area (Å²) in [4.78, 5) is 3.22. The fourth-order valence-corrected chi connectivity index (χ4v) is 15.4.